The predicted molar refractivity (Wildman–Crippen MR) is 101 cm³/mol. The number of anilines is 2. The first kappa shape index (κ1) is 16.7. The third-order valence-electron chi connectivity index (χ3n) is 4.72. The van der Waals surface area contributed by atoms with Gasteiger partial charge in [0.1, 0.15) is 5.52 Å². The van der Waals surface area contributed by atoms with Crippen LogP contribution in [-0.4, -0.2) is 28.2 Å². The van der Waals surface area contributed by atoms with Gasteiger partial charge in [-0.25, -0.2) is 9.97 Å². The summed E-state index contributed by atoms with van der Waals surface area (Å²) < 4.78 is 7.38. The van der Waals surface area contributed by atoms with Crippen LogP contribution in [0.1, 0.15) is 17.7 Å². The second-order valence-corrected chi connectivity index (χ2v) is 6.67. The van der Waals surface area contributed by atoms with Crippen molar-refractivity contribution in [3.63, 3.8) is 0 Å². The van der Waals surface area contributed by atoms with Crippen molar-refractivity contribution in [1.29, 1.82) is 5.26 Å². The Balaban J connectivity index is 1.91. The average molecular weight is 368 g/mol. The van der Waals surface area contributed by atoms with Crippen molar-refractivity contribution in [3.05, 3.63) is 40.5 Å². The lowest BCUT2D eigenvalue weighted by Gasteiger charge is -2.30. The summed E-state index contributed by atoms with van der Waals surface area (Å²) in [6.45, 7) is 3.67. The maximum atomic E-state index is 9.16. The maximum Gasteiger partial charge on any atom is 0.213 e. The van der Waals surface area contributed by atoms with E-state index in [-0.39, 0.29) is 0 Å². The van der Waals surface area contributed by atoms with Crippen LogP contribution in [0.4, 0.5) is 11.6 Å². The molecule has 2 aromatic heterocycles. The van der Waals surface area contributed by atoms with Gasteiger partial charge in [0.25, 0.3) is 0 Å². The second-order valence-electron chi connectivity index (χ2n) is 6.27. The molecule has 4 rings (SSSR count). The molecule has 3 aromatic rings. The minimum Gasteiger partial charge on any atom is -0.481 e. The molecule has 26 heavy (non-hydrogen) atoms. The summed E-state index contributed by atoms with van der Waals surface area (Å²) in [5.74, 6) is 1.43. The smallest absolute Gasteiger partial charge is 0.213 e. The van der Waals surface area contributed by atoms with E-state index in [1.54, 1.807) is 7.11 Å². The quantitative estimate of drug-likeness (QED) is 0.699. The molecule has 1 aliphatic rings. The van der Waals surface area contributed by atoms with Crippen molar-refractivity contribution in [1.82, 2.24) is 14.5 Å². The van der Waals surface area contributed by atoms with Crippen molar-refractivity contribution >= 4 is 34.3 Å². The summed E-state index contributed by atoms with van der Waals surface area (Å²) >= 11 is 6.41. The predicted octanol–water partition coefficient (Wildman–Crippen LogP) is 4.01. The number of imidazole rings is 1. The first-order valence-corrected chi connectivity index (χ1v) is 8.85. The molecule has 0 atom stereocenters. The van der Waals surface area contributed by atoms with E-state index in [0.29, 0.717) is 17.3 Å². The number of aryl methyl sites for hydroxylation is 2. The lowest BCUT2D eigenvalue weighted by Crippen LogP contribution is -2.29. The molecule has 0 saturated heterocycles. The molecule has 1 aromatic carbocycles. The number of ether oxygens (including phenoxy) is 1. The molecular formula is C19H18ClN5O. The van der Waals surface area contributed by atoms with Crippen LogP contribution in [0.15, 0.2) is 24.3 Å². The van der Waals surface area contributed by atoms with E-state index in [1.165, 1.54) is 0 Å². The summed E-state index contributed by atoms with van der Waals surface area (Å²) in [5, 5.41) is 9.77. The molecule has 0 N–H and O–H groups in total. The Labute approximate surface area is 156 Å². The van der Waals surface area contributed by atoms with Crippen LogP contribution in [0.2, 0.25) is 5.02 Å². The highest BCUT2D eigenvalue weighted by atomic mass is 35.5. The van der Waals surface area contributed by atoms with Crippen LogP contribution in [0, 0.1) is 18.3 Å². The van der Waals surface area contributed by atoms with Crippen LogP contribution in [0.5, 0.6) is 5.88 Å². The van der Waals surface area contributed by atoms with Gasteiger partial charge in [0.2, 0.25) is 11.8 Å². The zero-order chi connectivity index (χ0) is 18.3. The highest BCUT2D eigenvalue weighted by Gasteiger charge is 2.26. The molecule has 1 aliphatic heterocycles. The van der Waals surface area contributed by atoms with E-state index in [4.69, 9.17) is 26.6 Å². The van der Waals surface area contributed by atoms with Gasteiger partial charge in [-0.05, 0) is 31.0 Å². The Morgan fingerprint density at radius 1 is 1.23 bits per heavy atom. The zero-order valence-electron chi connectivity index (χ0n) is 14.7. The van der Waals surface area contributed by atoms with Crippen LogP contribution in [0.25, 0.3) is 11.0 Å². The molecule has 0 fully saturated rings. The Hall–Kier alpha value is -2.78. The van der Waals surface area contributed by atoms with Crippen molar-refractivity contribution in [2.75, 3.05) is 18.6 Å². The summed E-state index contributed by atoms with van der Waals surface area (Å²) in [6, 6.07) is 9.84. The van der Waals surface area contributed by atoms with Gasteiger partial charge < -0.3 is 14.2 Å². The molecule has 0 amide bonds. The number of aromatic nitrogens is 3. The normalized spacial score (nSPS) is 13.5. The minimum atomic E-state index is 0.335. The third kappa shape index (κ3) is 2.56. The number of hydrogen-bond acceptors (Lipinski definition) is 5. The Bertz CT molecular complexity index is 1040. The van der Waals surface area contributed by atoms with Crippen LogP contribution in [0.3, 0.4) is 0 Å². The molecule has 3 heterocycles. The maximum absolute atomic E-state index is 9.16. The number of nitriles is 1. The number of methoxy groups -OCH3 is 1. The molecule has 0 saturated carbocycles. The number of halogens is 1. The van der Waals surface area contributed by atoms with Gasteiger partial charge in [-0.15, -0.1) is 0 Å². The third-order valence-corrected chi connectivity index (χ3v) is 5.02. The Morgan fingerprint density at radius 2 is 2.08 bits per heavy atom. The average Bonchev–Trinajstić information content (AvgIpc) is 3.05. The van der Waals surface area contributed by atoms with Crippen molar-refractivity contribution in [2.45, 2.75) is 26.3 Å². The first-order chi connectivity index (χ1) is 12.6. The molecule has 0 unspecified atom stereocenters. The minimum absolute atomic E-state index is 0.335. The Kier molecular flexibility index (Phi) is 4.17. The molecule has 132 valence electrons. The van der Waals surface area contributed by atoms with Gasteiger partial charge in [-0.1, -0.05) is 17.7 Å². The van der Waals surface area contributed by atoms with Crippen molar-refractivity contribution in [3.8, 4) is 11.9 Å². The van der Waals surface area contributed by atoms with Gasteiger partial charge in [0.05, 0.1) is 41.5 Å². The first-order valence-electron chi connectivity index (χ1n) is 8.47. The van der Waals surface area contributed by atoms with Crippen LogP contribution < -0.4 is 9.64 Å². The fourth-order valence-electron chi connectivity index (χ4n) is 3.56. The monoisotopic (exact) mass is 367 g/mol. The fourth-order valence-corrected chi connectivity index (χ4v) is 3.75. The van der Waals surface area contributed by atoms with Gasteiger partial charge in [0.15, 0.2) is 0 Å². The number of pyridine rings is 1. The second kappa shape index (κ2) is 6.50. The van der Waals surface area contributed by atoms with E-state index >= 15 is 0 Å². The van der Waals surface area contributed by atoms with Gasteiger partial charge in [-0.2, -0.15) is 5.26 Å². The SMILES string of the molecule is COc1ccc(N2CCCn3c2nc2c(Cl)ccc(CC#N)c23)c(C)n1. The number of hydrogen-bond donors (Lipinski definition) is 0. The number of benzene rings is 1. The lowest BCUT2D eigenvalue weighted by atomic mass is 10.1. The van der Waals surface area contributed by atoms with Gasteiger partial charge >= 0.3 is 0 Å². The van der Waals surface area contributed by atoms with Crippen molar-refractivity contribution in [2.24, 2.45) is 0 Å². The number of nitrogens with zero attached hydrogens (tertiary/aromatic N) is 5. The topological polar surface area (TPSA) is 67.0 Å². The van der Waals surface area contributed by atoms with E-state index in [9.17, 15) is 0 Å². The van der Waals surface area contributed by atoms with Gasteiger partial charge in [-0.3, -0.25) is 0 Å². The molecule has 6 nitrogen and oxygen atoms in total. The fraction of sp³-hybridized carbons (Fsp3) is 0.316. The molecular weight excluding hydrogens is 350 g/mol. The lowest BCUT2D eigenvalue weighted by molar-refractivity contribution is 0.397. The summed E-state index contributed by atoms with van der Waals surface area (Å²) in [7, 11) is 1.61. The largest absolute Gasteiger partial charge is 0.481 e. The van der Waals surface area contributed by atoms with Crippen LogP contribution in [-0.2, 0) is 13.0 Å². The molecule has 0 aliphatic carbocycles. The van der Waals surface area contributed by atoms with E-state index in [0.717, 1.165) is 53.4 Å². The molecule has 0 bridgehead atoms. The highest BCUT2D eigenvalue weighted by molar-refractivity contribution is 6.35. The molecule has 0 spiro atoms. The highest BCUT2D eigenvalue weighted by Crippen LogP contribution is 2.37. The standard InChI is InChI=1S/C19H18ClN5O/c1-12-15(6-7-16(22-12)26-2)24-10-3-11-25-18-13(8-9-21)4-5-14(20)17(18)23-19(24)25/h4-7H,3,8,10-11H2,1-2H3. The van der Waals surface area contributed by atoms with E-state index in [1.807, 2.05) is 31.2 Å². The Morgan fingerprint density at radius 3 is 2.81 bits per heavy atom. The van der Waals surface area contributed by atoms with Crippen molar-refractivity contribution < 1.29 is 4.74 Å². The van der Waals surface area contributed by atoms with E-state index in [2.05, 4.69) is 20.5 Å². The van der Waals surface area contributed by atoms with E-state index < -0.39 is 0 Å². The summed E-state index contributed by atoms with van der Waals surface area (Å²) in [6.07, 6.45) is 1.31. The molecule has 0 radical (unpaired) electrons. The van der Waals surface area contributed by atoms with Crippen LogP contribution >= 0.6 is 11.6 Å². The molecule has 7 heteroatoms. The summed E-state index contributed by atoms with van der Waals surface area (Å²) in [5.41, 5.74) is 4.55. The summed E-state index contributed by atoms with van der Waals surface area (Å²) in [4.78, 5) is 11.5. The number of fused-ring (bicyclic) bond motifs is 3. The van der Waals surface area contributed by atoms with Gasteiger partial charge in [0, 0.05) is 19.2 Å². The zero-order valence-corrected chi connectivity index (χ0v) is 15.4. The number of rotatable bonds is 3.